The molecule has 0 aliphatic rings. The number of rotatable bonds is 4. The van der Waals surface area contributed by atoms with Gasteiger partial charge in [-0.3, -0.25) is 4.68 Å². The molecule has 0 bridgehead atoms. The Bertz CT molecular complexity index is 485. The monoisotopic (exact) mass is 231 g/mol. The number of nitrogen functional groups attached to an aromatic ring is 1. The van der Waals surface area contributed by atoms with Crippen molar-refractivity contribution >= 4 is 5.69 Å². The van der Waals surface area contributed by atoms with Crippen LogP contribution in [-0.4, -0.2) is 9.78 Å². The van der Waals surface area contributed by atoms with E-state index in [0.29, 0.717) is 11.4 Å². The zero-order valence-electron chi connectivity index (χ0n) is 10.2. The van der Waals surface area contributed by atoms with E-state index in [1.54, 1.807) is 6.20 Å². The highest BCUT2D eigenvalue weighted by atomic mass is 16.5. The number of nitrogens with zero attached hydrogens (tertiary/aromatic N) is 2. The van der Waals surface area contributed by atoms with E-state index in [2.05, 4.69) is 12.0 Å². The highest BCUT2D eigenvalue weighted by Gasteiger charge is 2.07. The van der Waals surface area contributed by atoms with Gasteiger partial charge in [0, 0.05) is 6.54 Å². The maximum atomic E-state index is 5.88. The van der Waals surface area contributed by atoms with Gasteiger partial charge in [0.1, 0.15) is 0 Å². The molecule has 0 aliphatic carbocycles. The van der Waals surface area contributed by atoms with Crippen molar-refractivity contribution in [3.05, 3.63) is 36.2 Å². The first kappa shape index (κ1) is 11.5. The van der Waals surface area contributed by atoms with Crippen LogP contribution in [0.1, 0.15) is 18.9 Å². The van der Waals surface area contributed by atoms with Crippen molar-refractivity contribution in [2.75, 3.05) is 5.73 Å². The van der Waals surface area contributed by atoms with Gasteiger partial charge in [0.05, 0.1) is 18.1 Å². The third-order valence-electron chi connectivity index (χ3n) is 2.52. The molecule has 2 rings (SSSR count). The van der Waals surface area contributed by atoms with Crippen LogP contribution in [0.15, 0.2) is 30.6 Å². The third-order valence-corrected chi connectivity index (χ3v) is 2.52. The molecule has 0 fully saturated rings. The smallest absolute Gasteiger partial charge is 0.165 e. The summed E-state index contributed by atoms with van der Waals surface area (Å²) in [6, 6.07) is 5.72. The van der Waals surface area contributed by atoms with Gasteiger partial charge in [-0.25, -0.2) is 0 Å². The lowest BCUT2D eigenvalue weighted by Crippen LogP contribution is -1.96. The lowest BCUT2D eigenvalue weighted by atomic mass is 10.2. The van der Waals surface area contributed by atoms with Crippen molar-refractivity contribution in [3.63, 3.8) is 0 Å². The number of aryl methyl sites for hydroxylation is 2. The first-order valence-electron chi connectivity index (χ1n) is 5.76. The molecule has 0 amide bonds. The van der Waals surface area contributed by atoms with Gasteiger partial charge >= 0.3 is 0 Å². The Hall–Kier alpha value is -1.97. The Morgan fingerprint density at radius 1 is 1.41 bits per heavy atom. The predicted molar refractivity (Wildman–Crippen MR) is 68.2 cm³/mol. The summed E-state index contributed by atoms with van der Waals surface area (Å²) in [4.78, 5) is 0. The van der Waals surface area contributed by atoms with Crippen LogP contribution >= 0.6 is 0 Å². The van der Waals surface area contributed by atoms with Gasteiger partial charge in [0.2, 0.25) is 0 Å². The molecule has 0 spiro atoms. The average molecular weight is 231 g/mol. The van der Waals surface area contributed by atoms with Crippen molar-refractivity contribution in [3.8, 4) is 11.5 Å². The van der Waals surface area contributed by atoms with E-state index in [4.69, 9.17) is 10.5 Å². The summed E-state index contributed by atoms with van der Waals surface area (Å²) in [5, 5.41) is 4.21. The highest BCUT2D eigenvalue weighted by Crippen LogP contribution is 2.30. The molecule has 1 aromatic carbocycles. The summed E-state index contributed by atoms with van der Waals surface area (Å²) in [7, 11) is 0. The molecule has 0 unspecified atom stereocenters. The van der Waals surface area contributed by atoms with Crippen molar-refractivity contribution in [2.45, 2.75) is 26.8 Å². The van der Waals surface area contributed by atoms with E-state index in [1.165, 1.54) is 0 Å². The summed E-state index contributed by atoms with van der Waals surface area (Å²) < 4.78 is 7.62. The highest BCUT2D eigenvalue weighted by molar-refractivity contribution is 5.57. The van der Waals surface area contributed by atoms with Crippen molar-refractivity contribution < 1.29 is 4.74 Å². The van der Waals surface area contributed by atoms with Crippen LogP contribution in [0.3, 0.4) is 0 Å². The second-order valence-corrected chi connectivity index (χ2v) is 4.03. The normalized spacial score (nSPS) is 10.5. The maximum absolute atomic E-state index is 5.88. The molecule has 17 heavy (non-hydrogen) atoms. The minimum absolute atomic E-state index is 0.647. The molecule has 0 radical (unpaired) electrons. The van der Waals surface area contributed by atoms with Crippen LogP contribution in [0.25, 0.3) is 0 Å². The fourth-order valence-corrected chi connectivity index (χ4v) is 1.68. The standard InChI is InChI=1S/C13H17N3O/c1-3-7-16-9-11(8-15-16)17-13-10(2)5-4-6-12(13)14/h4-6,8-9H,3,7,14H2,1-2H3. The van der Waals surface area contributed by atoms with Crippen molar-refractivity contribution in [2.24, 2.45) is 0 Å². The number of ether oxygens (including phenoxy) is 1. The number of para-hydroxylation sites is 1. The SMILES string of the molecule is CCCn1cc(Oc2c(C)cccc2N)cn1. The number of benzene rings is 1. The molecule has 4 heteroatoms. The Kier molecular flexibility index (Phi) is 3.32. The van der Waals surface area contributed by atoms with E-state index in [1.807, 2.05) is 36.0 Å². The molecule has 0 saturated heterocycles. The van der Waals surface area contributed by atoms with Crippen LogP contribution in [0.5, 0.6) is 11.5 Å². The van der Waals surface area contributed by atoms with Gasteiger partial charge in [-0.05, 0) is 25.0 Å². The summed E-state index contributed by atoms with van der Waals surface area (Å²) in [6.07, 6.45) is 4.64. The zero-order valence-corrected chi connectivity index (χ0v) is 10.2. The van der Waals surface area contributed by atoms with E-state index in [9.17, 15) is 0 Å². The summed E-state index contributed by atoms with van der Waals surface area (Å²) in [5.74, 6) is 1.43. The number of hydrogen-bond donors (Lipinski definition) is 1. The maximum Gasteiger partial charge on any atom is 0.165 e. The molecule has 90 valence electrons. The molecular weight excluding hydrogens is 214 g/mol. The van der Waals surface area contributed by atoms with E-state index < -0.39 is 0 Å². The van der Waals surface area contributed by atoms with Crippen LogP contribution in [0.4, 0.5) is 5.69 Å². The second-order valence-electron chi connectivity index (χ2n) is 4.03. The number of hydrogen-bond acceptors (Lipinski definition) is 3. The van der Waals surface area contributed by atoms with Crippen molar-refractivity contribution in [1.82, 2.24) is 9.78 Å². The lowest BCUT2D eigenvalue weighted by Gasteiger charge is -2.08. The molecule has 4 nitrogen and oxygen atoms in total. The van der Waals surface area contributed by atoms with Crippen LogP contribution in [0.2, 0.25) is 0 Å². The Morgan fingerprint density at radius 2 is 2.24 bits per heavy atom. The Morgan fingerprint density at radius 3 is 2.94 bits per heavy atom. The molecular formula is C13H17N3O. The van der Waals surface area contributed by atoms with Crippen LogP contribution in [0, 0.1) is 6.92 Å². The predicted octanol–water partition coefficient (Wildman–Crippen LogP) is 2.98. The van der Waals surface area contributed by atoms with Gasteiger partial charge in [0.25, 0.3) is 0 Å². The zero-order chi connectivity index (χ0) is 12.3. The van der Waals surface area contributed by atoms with E-state index in [-0.39, 0.29) is 0 Å². The molecule has 0 atom stereocenters. The third kappa shape index (κ3) is 2.58. The summed E-state index contributed by atoms with van der Waals surface area (Å²) >= 11 is 0. The molecule has 2 N–H and O–H groups in total. The van der Waals surface area contributed by atoms with Crippen molar-refractivity contribution in [1.29, 1.82) is 0 Å². The first-order chi connectivity index (χ1) is 8.20. The van der Waals surface area contributed by atoms with E-state index in [0.717, 1.165) is 24.3 Å². The van der Waals surface area contributed by atoms with Gasteiger partial charge < -0.3 is 10.5 Å². The second kappa shape index (κ2) is 4.91. The molecule has 0 saturated carbocycles. The summed E-state index contributed by atoms with van der Waals surface area (Å²) in [6.45, 7) is 4.98. The minimum Gasteiger partial charge on any atom is -0.452 e. The summed E-state index contributed by atoms with van der Waals surface area (Å²) in [5.41, 5.74) is 7.55. The van der Waals surface area contributed by atoms with Gasteiger partial charge in [-0.15, -0.1) is 0 Å². The number of anilines is 1. The molecule has 1 aromatic heterocycles. The fraction of sp³-hybridized carbons (Fsp3) is 0.308. The fourth-order valence-electron chi connectivity index (χ4n) is 1.68. The molecule has 2 aromatic rings. The molecule has 1 heterocycles. The van der Waals surface area contributed by atoms with Crippen LogP contribution in [-0.2, 0) is 6.54 Å². The lowest BCUT2D eigenvalue weighted by molar-refractivity contribution is 0.479. The van der Waals surface area contributed by atoms with E-state index >= 15 is 0 Å². The quantitative estimate of drug-likeness (QED) is 0.823. The average Bonchev–Trinajstić information content (AvgIpc) is 2.72. The first-order valence-corrected chi connectivity index (χ1v) is 5.76. The Labute approximate surface area is 101 Å². The van der Waals surface area contributed by atoms with Crippen LogP contribution < -0.4 is 10.5 Å². The minimum atomic E-state index is 0.647. The Balaban J connectivity index is 2.19. The molecule has 0 aliphatic heterocycles. The van der Waals surface area contributed by atoms with Gasteiger partial charge in [-0.1, -0.05) is 19.1 Å². The number of nitrogens with two attached hydrogens (primary N) is 1. The largest absolute Gasteiger partial charge is 0.452 e. The van der Waals surface area contributed by atoms with Gasteiger partial charge in [-0.2, -0.15) is 5.10 Å². The topological polar surface area (TPSA) is 53.1 Å². The van der Waals surface area contributed by atoms with Gasteiger partial charge in [0.15, 0.2) is 11.5 Å². The number of aromatic nitrogens is 2.